The molecule has 0 bridgehead atoms. The summed E-state index contributed by atoms with van der Waals surface area (Å²) < 4.78 is 4.83. The summed E-state index contributed by atoms with van der Waals surface area (Å²) in [6, 6.07) is 0. The molecule has 0 saturated heterocycles. The second kappa shape index (κ2) is 11.4. The molecule has 0 saturated carbocycles. The molecule has 2 N–H and O–H groups in total. The standard InChI is InChI=1S/C10H19O4PS/c1-2-10(11)14-8-6-4-3-5-7-9-16-15(12)13/h2,12-13H,1,3-9H2. The minimum absolute atomic E-state index is 0.365. The van der Waals surface area contributed by atoms with Crippen LogP contribution in [0.4, 0.5) is 0 Å². The maximum Gasteiger partial charge on any atom is 0.330 e. The average Bonchev–Trinajstić information content (AvgIpc) is 2.26. The summed E-state index contributed by atoms with van der Waals surface area (Å²) in [7, 11) is -1.79. The highest BCUT2D eigenvalue weighted by Crippen LogP contribution is 2.40. The fourth-order valence-corrected chi connectivity index (χ4v) is 2.49. The highest BCUT2D eigenvalue weighted by molar-refractivity contribution is 8.52. The van der Waals surface area contributed by atoms with Gasteiger partial charge < -0.3 is 14.5 Å². The lowest BCUT2D eigenvalue weighted by atomic mass is 10.2. The number of hydrogen-bond donors (Lipinski definition) is 2. The van der Waals surface area contributed by atoms with Gasteiger partial charge in [-0.3, -0.25) is 0 Å². The van der Waals surface area contributed by atoms with E-state index in [0.717, 1.165) is 37.9 Å². The fourth-order valence-electron chi connectivity index (χ4n) is 1.11. The van der Waals surface area contributed by atoms with E-state index in [1.165, 1.54) is 17.5 Å². The SMILES string of the molecule is C=CC(=O)OCCCCCCCSP(O)O. The van der Waals surface area contributed by atoms with Gasteiger partial charge in [-0.25, -0.2) is 4.79 Å². The van der Waals surface area contributed by atoms with Gasteiger partial charge in [0.2, 0.25) is 7.58 Å². The van der Waals surface area contributed by atoms with Gasteiger partial charge in [-0.05, 0) is 12.8 Å². The number of carbonyl (C=O) groups excluding carboxylic acids is 1. The smallest absolute Gasteiger partial charge is 0.330 e. The molecule has 0 aromatic heterocycles. The Kier molecular flexibility index (Phi) is 11.3. The molecule has 0 aliphatic carbocycles. The van der Waals surface area contributed by atoms with E-state index < -0.39 is 7.58 Å². The molecule has 0 atom stereocenters. The van der Waals surface area contributed by atoms with Crippen LogP contribution < -0.4 is 0 Å². The Morgan fingerprint density at radius 2 is 1.88 bits per heavy atom. The third-order valence-corrected chi connectivity index (χ3v) is 3.85. The van der Waals surface area contributed by atoms with Crippen molar-refractivity contribution in [1.29, 1.82) is 0 Å². The number of hydrogen-bond acceptors (Lipinski definition) is 5. The van der Waals surface area contributed by atoms with Crippen molar-refractivity contribution in [3.63, 3.8) is 0 Å². The molecule has 0 aliphatic heterocycles. The molecule has 0 heterocycles. The number of unbranched alkanes of at least 4 members (excludes halogenated alkanes) is 4. The van der Waals surface area contributed by atoms with Crippen molar-refractivity contribution in [2.45, 2.75) is 32.1 Å². The van der Waals surface area contributed by atoms with Crippen LogP contribution in [0.5, 0.6) is 0 Å². The summed E-state index contributed by atoms with van der Waals surface area (Å²) >= 11 is 1.20. The molecule has 0 amide bonds. The number of ether oxygens (including phenoxy) is 1. The summed E-state index contributed by atoms with van der Waals surface area (Å²) in [5.41, 5.74) is 0. The van der Waals surface area contributed by atoms with Gasteiger partial charge in [0.1, 0.15) is 0 Å². The Hall–Kier alpha value is -0.0900. The number of carbonyl (C=O) groups is 1. The van der Waals surface area contributed by atoms with Crippen LogP contribution in [-0.2, 0) is 9.53 Å². The Labute approximate surface area is 102 Å². The van der Waals surface area contributed by atoms with E-state index in [2.05, 4.69) is 6.58 Å². The van der Waals surface area contributed by atoms with E-state index in [-0.39, 0.29) is 5.97 Å². The molecule has 4 nitrogen and oxygen atoms in total. The van der Waals surface area contributed by atoms with Gasteiger partial charge in [-0.1, -0.05) is 37.2 Å². The minimum Gasteiger partial charge on any atom is -0.463 e. The first-order valence-electron chi connectivity index (χ1n) is 5.27. The highest BCUT2D eigenvalue weighted by Gasteiger charge is 1.99. The quantitative estimate of drug-likeness (QED) is 0.275. The topological polar surface area (TPSA) is 66.8 Å². The number of esters is 1. The maximum absolute atomic E-state index is 10.7. The zero-order valence-electron chi connectivity index (χ0n) is 9.30. The predicted octanol–water partition coefficient (Wildman–Crippen LogP) is 2.61. The van der Waals surface area contributed by atoms with E-state index in [1.807, 2.05) is 0 Å². The Balaban J connectivity index is 3.04. The van der Waals surface area contributed by atoms with Crippen LogP contribution in [0, 0.1) is 0 Å². The largest absolute Gasteiger partial charge is 0.463 e. The summed E-state index contributed by atoms with van der Waals surface area (Å²) in [5, 5.41) is 0. The van der Waals surface area contributed by atoms with Crippen molar-refractivity contribution in [3.8, 4) is 0 Å². The van der Waals surface area contributed by atoms with E-state index in [9.17, 15) is 4.79 Å². The molecule has 94 valence electrons. The van der Waals surface area contributed by atoms with Crippen molar-refractivity contribution in [3.05, 3.63) is 12.7 Å². The first-order chi connectivity index (χ1) is 7.66. The van der Waals surface area contributed by atoms with Crippen LogP contribution in [0.15, 0.2) is 12.7 Å². The second-order valence-corrected chi connectivity index (χ2v) is 6.15. The van der Waals surface area contributed by atoms with Crippen LogP contribution in [0.2, 0.25) is 0 Å². The molecular formula is C10H19O4PS. The van der Waals surface area contributed by atoms with Crippen molar-refractivity contribution in [2.24, 2.45) is 0 Å². The predicted molar refractivity (Wildman–Crippen MR) is 68.1 cm³/mol. The molecule has 0 unspecified atom stereocenters. The first-order valence-corrected chi connectivity index (χ1v) is 8.10. The molecule has 0 aromatic rings. The summed E-state index contributed by atoms with van der Waals surface area (Å²) in [4.78, 5) is 27.9. The molecule has 6 heteroatoms. The minimum atomic E-state index is -1.79. The lowest BCUT2D eigenvalue weighted by Crippen LogP contribution is -2.01. The van der Waals surface area contributed by atoms with Gasteiger partial charge in [0.25, 0.3) is 0 Å². The van der Waals surface area contributed by atoms with Gasteiger partial charge in [0.15, 0.2) is 0 Å². The normalized spacial score (nSPS) is 10.4. The van der Waals surface area contributed by atoms with E-state index in [4.69, 9.17) is 14.5 Å². The monoisotopic (exact) mass is 266 g/mol. The molecule has 16 heavy (non-hydrogen) atoms. The first kappa shape index (κ1) is 15.9. The Morgan fingerprint density at radius 3 is 2.50 bits per heavy atom. The average molecular weight is 266 g/mol. The third-order valence-electron chi connectivity index (χ3n) is 1.91. The fraction of sp³-hybridized carbons (Fsp3) is 0.700. The molecule has 0 spiro atoms. The molecule has 0 aliphatic rings. The highest BCUT2D eigenvalue weighted by atomic mass is 32.7. The van der Waals surface area contributed by atoms with Gasteiger partial charge in [-0.2, -0.15) is 0 Å². The lowest BCUT2D eigenvalue weighted by Gasteiger charge is -2.03. The van der Waals surface area contributed by atoms with E-state index in [0.29, 0.717) is 6.61 Å². The molecule has 0 aromatic carbocycles. The zero-order valence-corrected chi connectivity index (χ0v) is 11.0. The lowest BCUT2D eigenvalue weighted by molar-refractivity contribution is -0.137. The Bertz CT molecular complexity index is 199. The summed E-state index contributed by atoms with van der Waals surface area (Å²) in [5.74, 6) is 0.431. The van der Waals surface area contributed by atoms with E-state index >= 15 is 0 Å². The molecular weight excluding hydrogens is 247 g/mol. The van der Waals surface area contributed by atoms with Crippen molar-refractivity contribution in [2.75, 3.05) is 12.4 Å². The molecule has 0 fully saturated rings. The maximum atomic E-state index is 10.7. The van der Waals surface area contributed by atoms with Crippen LogP contribution in [0.25, 0.3) is 0 Å². The number of rotatable bonds is 10. The summed E-state index contributed by atoms with van der Waals surface area (Å²) in [6.45, 7) is 3.76. The Morgan fingerprint density at radius 1 is 1.25 bits per heavy atom. The van der Waals surface area contributed by atoms with Crippen molar-refractivity contribution >= 4 is 24.9 Å². The van der Waals surface area contributed by atoms with Crippen LogP contribution in [-0.4, -0.2) is 28.1 Å². The molecule has 0 radical (unpaired) electrons. The van der Waals surface area contributed by atoms with Crippen LogP contribution in [0.1, 0.15) is 32.1 Å². The zero-order chi connectivity index (χ0) is 12.2. The van der Waals surface area contributed by atoms with Gasteiger partial charge in [0.05, 0.1) is 6.61 Å². The molecule has 0 rings (SSSR count). The van der Waals surface area contributed by atoms with Crippen molar-refractivity contribution < 1.29 is 19.3 Å². The van der Waals surface area contributed by atoms with Crippen molar-refractivity contribution in [1.82, 2.24) is 0 Å². The van der Waals surface area contributed by atoms with E-state index in [1.54, 1.807) is 0 Å². The van der Waals surface area contributed by atoms with Crippen LogP contribution in [0.3, 0.4) is 0 Å². The van der Waals surface area contributed by atoms with Crippen LogP contribution >= 0.6 is 19.0 Å². The third kappa shape index (κ3) is 12.0. The second-order valence-electron chi connectivity index (χ2n) is 3.23. The van der Waals surface area contributed by atoms with Gasteiger partial charge in [-0.15, -0.1) is 0 Å². The summed E-state index contributed by atoms with van der Waals surface area (Å²) in [6.07, 6.45) is 6.23. The van der Waals surface area contributed by atoms with Gasteiger partial charge >= 0.3 is 5.97 Å². The van der Waals surface area contributed by atoms with Gasteiger partial charge in [0, 0.05) is 11.8 Å².